The standard InChI is InChI=1S/C22H33N3O5.C11H16N2O2/c1-21(2,3)29-19(27)24-18-14-15(7-10-23-18)13-17(26)16-8-11-25(12-9-16)20(28)30-22(4,5)6;1-8-5-6-12-9(7-8)13-10(14)15-11(2,3)4/h7,10,14,16H,8-9,11-13H2,1-6H3,(H,23,24,27);5-7H,1-4H3,(H,12,13,14). The molecule has 0 aliphatic carbocycles. The van der Waals surface area contributed by atoms with Crippen molar-refractivity contribution in [2.75, 3.05) is 23.7 Å². The lowest BCUT2D eigenvalue weighted by Crippen LogP contribution is -2.43. The molecule has 0 saturated carbocycles. The van der Waals surface area contributed by atoms with E-state index in [1.165, 1.54) is 0 Å². The number of hydrogen-bond donors (Lipinski definition) is 2. The zero-order valence-corrected chi connectivity index (χ0v) is 28.3. The summed E-state index contributed by atoms with van der Waals surface area (Å²) in [4.78, 5) is 57.9. The summed E-state index contributed by atoms with van der Waals surface area (Å²) in [6.45, 7) is 19.2. The SMILES string of the molecule is CC(C)(C)OC(=O)Nc1cc(CC(=O)C2CCN(C(=O)OC(C)(C)C)CC2)ccn1.Cc1ccnc(NC(=O)OC(C)(C)C)c1. The molecule has 3 heterocycles. The van der Waals surface area contributed by atoms with Gasteiger partial charge in [0.1, 0.15) is 34.2 Å². The van der Waals surface area contributed by atoms with Crippen LogP contribution < -0.4 is 10.6 Å². The first-order valence-electron chi connectivity index (χ1n) is 15.1. The number of carbonyl (C=O) groups is 4. The summed E-state index contributed by atoms with van der Waals surface area (Å²) in [5.74, 6) is 0.867. The van der Waals surface area contributed by atoms with E-state index in [1.807, 2.05) is 54.5 Å². The van der Waals surface area contributed by atoms with Gasteiger partial charge in [0.25, 0.3) is 0 Å². The van der Waals surface area contributed by atoms with Crippen LogP contribution >= 0.6 is 0 Å². The molecule has 1 aliphatic heterocycles. The molecule has 0 unspecified atom stereocenters. The Morgan fingerprint density at radius 3 is 1.69 bits per heavy atom. The second kappa shape index (κ2) is 15.7. The number of piperidine rings is 1. The quantitative estimate of drug-likeness (QED) is 0.337. The number of aryl methyl sites for hydroxylation is 1. The second-order valence-corrected chi connectivity index (χ2v) is 13.9. The summed E-state index contributed by atoms with van der Waals surface area (Å²) in [5.41, 5.74) is 0.183. The van der Waals surface area contributed by atoms with Gasteiger partial charge in [-0.3, -0.25) is 15.4 Å². The maximum Gasteiger partial charge on any atom is 0.413 e. The lowest BCUT2D eigenvalue weighted by atomic mass is 9.89. The first-order valence-corrected chi connectivity index (χ1v) is 15.1. The largest absolute Gasteiger partial charge is 0.444 e. The maximum absolute atomic E-state index is 12.7. The van der Waals surface area contributed by atoms with Crippen LogP contribution in [0.4, 0.5) is 26.0 Å². The number of ketones is 1. The number of amides is 3. The number of Topliss-reactive ketones (excluding diaryl/α,β-unsaturated/α-hetero) is 1. The van der Waals surface area contributed by atoms with Crippen LogP contribution in [0.25, 0.3) is 0 Å². The molecular formula is C33H49N5O7. The number of carbonyl (C=O) groups excluding carboxylic acids is 4. The molecule has 3 amide bonds. The second-order valence-electron chi connectivity index (χ2n) is 13.9. The summed E-state index contributed by atoms with van der Waals surface area (Å²) < 4.78 is 15.7. The predicted octanol–water partition coefficient (Wildman–Crippen LogP) is 6.92. The minimum atomic E-state index is -0.605. The first kappa shape index (κ1) is 37.0. The Morgan fingerprint density at radius 2 is 1.22 bits per heavy atom. The predicted molar refractivity (Wildman–Crippen MR) is 172 cm³/mol. The molecule has 2 N–H and O–H groups in total. The Balaban J connectivity index is 0.000000394. The Morgan fingerprint density at radius 1 is 0.756 bits per heavy atom. The highest BCUT2D eigenvalue weighted by Crippen LogP contribution is 2.22. The molecule has 1 fully saturated rings. The number of anilines is 2. The molecule has 0 bridgehead atoms. The van der Waals surface area contributed by atoms with E-state index in [-0.39, 0.29) is 24.2 Å². The van der Waals surface area contributed by atoms with E-state index < -0.39 is 29.0 Å². The number of nitrogens with zero attached hydrogens (tertiary/aromatic N) is 3. The Hall–Kier alpha value is -4.22. The average molecular weight is 628 g/mol. The highest BCUT2D eigenvalue weighted by Gasteiger charge is 2.30. The fraction of sp³-hybridized carbons (Fsp3) is 0.576. The molecule has 2 aromatic rings. The minimum absolute atomic E-state index is 0.0980. The van der Waals surface area contributed by atoms with E-state index in [1.54, 1.807) is 56.3 Å². The van der Waals surface area contributed by atoms with E-state index in [2.05, 4.69) is 20.6 Å². The minimum Gasteiger partial charge on any atom is -0.444 e. The van der Waals surface area contributed by atoms with E-state index in [9.17, 15) is 19.2 Å². The molecule has 0 atom stereocenters. The number of aromatic nitrogens is 2. The van der Waals surface area contributed by atoms with Gasteiger partial charge in [-0.15, -0.1) is 0 Å². The van der Waals surface area contributed by atoms with Crippen LogP contribution in [0.2, 0.25) is 0 Å². The van der Waals surface area contributed by atoms with E-state index >= 15 is 0 Å². The lowest BCUT2D eigenvalue weighted by molar-refractivity contribution is -0.123. The highest BCUT2D eigenvalue weighted by atomic mass is 16.6. The lowest BCUT2D eigenvalue weighted by Gasteiger charge is -2.33. The van der Waals surface area contributed by atoms with Crippen LogP contribution in [-0.2, 0) is 25.4 Å². The van der Waals surface area contributed by atoms with Gasteiger partial charge in [0.15, 0.2) is 0 Å². The van der Waals surface area contributed by atoms with Crippen LogP contribution in [0.1, 0.15) is 86.3 Å². The number of likely N-dealkylation sites (tertiary alicyclic amines) is 1. The Kier molecular flexibility index (Phi) is 12.9. The molecule has 45 heavy (non-hydrogen) atoms. The smallest absolute Gasteiger partial charge is 0.413 e. The summed E-state index contributed by atoms with van der Waals surface area (Å²) in [6.07, 6.45) is 3.28. The van der Waals surface area contributed by atoms with Crippen molar-refractivity contribution in [3.05, 3.63) is 47.8 Å². The van der Waals surface area contributed by atoms with Crippen molar-refractivity contribution >= 4 is 35.7 Å². The fourth-order valence-corrected chi connectivity index (χ4v) is 4.13. The van der Waals surface area contributed by atoms with Crippen molar-refractivity contribution in [1.29, 1.82) is 0 Å². The molecule has 12 heteroatoms. The molecule has 0 radical (unpaired) electrons. The Labute approximate surface area is 266 Å². The van der Waals surface area contributed by atoms with Gasteiger partial charge in [0, 0.05) is 37.8 Å². The summed E-state index contributed by atoms with van der Waals surface area (Å²) >= 11 is 0. The monoisotopic (exact) mass is 627 g/mol. The zero-order valence-electron chi connectivity index (χ0n) is 28.3. The van der Waals surface area contributed by atoms with Crippen molar-refractivity contribution in [2.45, 2.75) is 105 Å². The molecule has 1 aliphatic rings. The van der Waals surface area contributed by atoms with Crippen LogP contribution in [0.15, 0.2) is 36.7 Å². The topological polar surface area (TPSA) is 149 Å². The van der Waals surface area contributed by atoms with Gasteiger partial charge in [-0.1, -0.05) is 0 Å². The number of rotatable bonds is 5. The van der Waals surface area contributed by atoms with Crippen LogP contribution in [0.3, 0.4) is 0 Å². The molecule has 3 rings (SSSR count). The van der Waals surface area contributed by atoms with Gasteiger partial charge >= 0.3 is 18.3 Å². The van der Waals surface area contributed by atoms with Crippen molar-refractivity contribution in [3.8, 4) is 0 Å². The van der Waals surface area contributed by atoms with E-state index in [0.717, 1.165) is 11.1 Å². The van der Waals surface area contributed by atoms with Crippen LogP contribution in [-0.4, -0.2) is 68.8 Å². The van der Waals surface area contributed by atoms with Gasteiger partial charge in [0.05, 0.1) is 0 Å². The van der Waals surface area contributed by atoms with Crippen molar-refractivity contribution in [3.63, 3.8) is 0 Å². The van der Waals surface area contributed by atoms with Crippen molar-refractivity contribution in [1.82, 2.24) is 14.9 Å². The maximum atomic E-state index is 12.7. The third-order valence-corrected chi connectivity index (χ3v) is 5.98. The molecule has 248 valence electrons. The average Bonchev–Trinajstić information content (AvgIpc) is 2.86. The molecule has 12 nitrogen and oxygen atoms in total. The number of ether oxygens (including phenoxy) is 3. The number of hydrogen-bond acceptors (Lipinski definition) is 9. The molecule has 1 saturated heterocycles. The third kappa shape index (κ3) is 15.4. The number of pyridine rings is 2. The normalized spacial score (nSPS) is 14.0. The third-order valence-electron chi connectivity index (χ3n) is 5.98. The first-order chi connectivity index (χ1) is 20.7. The summed E-state index contributed by atoms with van der Waals surface area (Å²) in [7, 11) is 0. The summed E-state index contributed by atoms with van der Waals surface area (Å²) in [6, 6.07) is 7.08. The van der Waals surface area contributed by atoms with Gasteiger partial charge < -0.3 is 19.1 Å². The van der Waals surface area contributed by atoms with Gasteiger partial charge in [-0.25, -0.2) is 24.4 Å². The van der Waals surface area contributed by atoms with Gasteiger partial charge in [-0.2, -0.15) is 0 Å². The molecule has 0 spiro atoms. The van der Waals surface area contributed by atoms with E-state index in [0.29, 0.717) is 37.6 Å². The highest BCUT2D eigenvalue weighted by molar-refractivity contribution is 5.86. The van der Waals surface area contributed by atoms with Gasteiger partial charge in [-0.05, 0) is 117 Å². The molecule has 0 aromatic carbocycles. The zero-order chi connectivity index (χ0) is 34.0. The van der Waals surface area contributed by atoms with Crippen LogP contribution in [0, 0.1) is 12.8 Å². The van der Waals surface area contributed by atoms with Gasteiger partial charge in [0.2, 0.25) is 0 Å². The Bertz CT molecular complexity index is 1320. The molecular weight excluding hydrogens is 578 g/mol. The van der Waals surface area contributed by atoms with Crippen molar-refractivity contribution < 1.29 is 33.4 Å². The van der Waals surface area contributed by atoms with Crippen molar-refractivity contribution in [2.24, 2.45) is 5.92 Å². The summed E-state index contributed by atoms with van der Waals surface area (Å²) in [5, 5.41) is 5.15. The molecule has 2 aromatic heterocycles. The number of nitrogens with one attached hydrogen (secondary N) is 2. The van der Waals surface area contributed by atoms with E-state index in [4.69, 9.17) is 14.2 Å². The van der Waals surface area contributed by atoms with Crippen LogP contribution in [0.5, 0.6) is 0 Å². The fourth-order valence-electron chi connectivity index (χ4n) is 4.13.